The van der Waals surface area contributed by atoms with Crippen LogP contribution in [0.2, 0.25) is 0 Å². The van der Waals surface area contributed by atoms with Crippen LogP contribution in [0.3, 0.4) is 0 Å². The molecule has 3 aromatic rings. The SMILES string of the molecule is CCOc1nn(-c2cccnc2)c2cccnc12. The zero-order valence-electron chi connectivity index (χ0n) is 9.95. The molecule has 5 nitrogen and oxygen atoms in total. The van der Waals surface area contributed by atoms with E-state index in [2.05, 4.69) is 15.1 Å². The Kier molecular flexibility index (Phi) is 2.64. The molecule has 0 saturated carbocycles. The fourth-order valence-electron chi connectivity index (χ4n) is 1.83. The van der Waals surface area contributed by atoms with Gasteiger partial charge >= 0.3 is 0 Å². The van der Waals surface area contributed by atoms with Crippen LogP contribution in [0.15, 0.2) is 42.9 Å². The van der Waals surface area contributed by atoms with E-state index in [-0.39, 0.29) is 0 Å². The summed E-state index contributed by atoms with van der Waals surface area (Å²) >= 11 is 0. The molecule has 0 aliphatic carbocycles. The average Bonchev–Trinajstić information content (AvgIpc) is 2.80. The standard InChI is InChI=1S/C13H12N4O/c1-2-18-13-12-11(6-4-8-15-12)17(16-13)10-5-3-7-14-9-10/h3-9H,2H2,1H3. The van der Waals surface area contributed by atoms with Crippen LogP contribution in [0.25, 0.3) is 16.7 Å². The van der Waals surface area contributed by atoms with Crippen molar-refractivity contribution in [2.75, 3.05) is 6.61 Å². The van der Waals surface area contributed by atoms with E-state index in [1.807, 2.05) is 31.2 Å². The van der Waals surface area contributed by atoms with Gasteiger partial charge in [-0.15, -0.1) is 5.10 Å². The summed E-state index contributed by atoms with van der Waals surface area (Å²) in [5.41, 5.74) is 2.57. The van der Waals surface area contributed by atoms with Gasteiger partial charge in [0.2, 0.25) is 0 Å². The van der Waals surface area contributed by atoms with Gasteiger partial charge in [0, 0.05) is 12.4 Å². The second kappa shape index (κ2) is 4.44. The Morgan fingerprint density at radius 3 is 2.89 bits per heavy atom. The summed E-state index contributed by atoms with van der Waals surface area (Å²) in [6.07, 6.45) is 5.23. The maximum absolute atomic E-state index is 5.51. The Morgan fingerprint density at radius 2 is 2.11 bits per heavy atom. The smallest absolute Gasteiger partial charge is 0.260 e. The Labute approximate surface area is 104 Å². The molecule has 90 valence electrons. The summed E-state index contributed by atoms with van der Waals surface area (Å²) in [6, 6.07) is 7.67. The third-order valence-electron chi connectivity index (χ3n) is 2.58. The minimum atomic E-state index is 0.553. The van der Waals surface area contributed by atoms with Crippen LogP contribution in [0, 0.1) is 0 Å². The molecule has 0 aliphatic rings. The van der Waals surface area contributed by atoms with Crippen LogP contribution in [0.4, 0.5) is 0 Å². The molecule has 0 aromatic carbocycles. The van der Waals surface area contributed by atoms with Crippen molar-refractivity contribution in [3.63, 3.8) is 0 Å². The van der Waals surface area contributed by atoms with Crippen LogP contribution in [0.5, 0.6) is 5.88 Å². The highest BCUT2D eigenvalue weighted by atomic mass is 16.5. The molecule has 0 unspecified atom stereocenters. The Bertz CT molecular complexity index is 663. The highest BCUT2D eigenvalue weighted by molar-refractivity contribution is 5.81. The number of pyridine rings is 2. The normalized spacial score (nSPS) is 10.7. The average molecular weight is 240 g/mol. The van der Waals surface area contributed by atoms with Gasteiger partial charge in [-0.2, -0.15) is 0 Å². The predicted octanol–water partition coefficient (Wildman–Crippen LogP) is 2.21. The second-order valence-corrected chi connectivity index (χ2v) is 3.73. The summed E-state index contributed by atoms with van der Waals surface area (Å²) in [7, 11) is 0. The monoisotopic (exact) mass is 240 g/mol. The van der Waals surface area contributed by atoms with E-state index in [9.17, 15) is 0 Å². The molecule has 0 amide bonds. The lowest BCUT2D eigenvalue weighted by atomic mass is 10.3. The first-order chi connectivity index (χ1) is 8.90. The third-order valence-corrected chi connectivity index (χ3v) is 2.58. The Hall–Kier alpha value is -2.43. The first kappa shape index (κ1) is 10.7. The fraction of sp³-hybridized carbons (Fsp3) is 0.154. The number of rotatable bonds is 3. The molecule has 5 heteroatoms. The highest BCUT2D eigenvalue weighted by Gasteiger charge is 2.13. The molecule has 0 atom stereocenters. The second-order valence-electron chi connectivity index (χ2n) is 3.73. The minimum absolute atomic E-state index is 0.553. The summed E-state index contributed by atoms with van der Waals surface area (Å²) in [5.74, 6) is 0.553. The quantitative estimate of drug-likeness (QED) is 0.704. The van der Waals surface area contributed by atoms with Crippen LogP contribution in [-0.4, -0.2) is 26.4 Å². The summed E-state index contributed by atoms with van der Waals surface area (Å²) in [6.45, 7) is 2.49. The molecular formula is C13H12N4O. The molecule has 0 bridgehead atoms. The van der Waals surface area contributed by atoms with Crippen molar-refractivity contribution >= 4 is 11.0 Å². The van der Waals surface area contributed by atoms with Crippen molar-refractivity contribution in [3.8, 4) is 11.6 Å². The molecule has 3 rings (SSSR count). The molecule has 0 N–H and O–H groups in total. The van der Waals surface area contributed by atoms with Crippen molar-refractivity contribution in [1.29, 1.82) is 0 Å². The lowest BCUT2D eigenvalue weighted by molar-refractivity contribution is 0.327. The lowest BCUT2D eigenvalue weighted by Crippen LogP contribution is -1.98. The Balaban J connectivity index is 2.24. The van der Waals surface area contributed by atoms with Gasteiger partial charge in [-0.1, -0.05) is 0 Å². The van der Waals surface area contributed by atoms with E-state index in [0.717, 1.165) is 16.7 Å². The molecule has 3 aromatic heterocycles. The van der Waals surface area contributed by atoms with Crippen molar-refractivity contribution in [3.05, 3.63) is 42.9 Å². The zero-order chi connectivity index (χ0) is 12.4. The molecule has 0 aliphatic heterocycles. The van der Waals surface area contributed by atoms with E-state index in [1.54, 1.807) is 23.3 Å². The van der Waals surface area contributed by atoms with Gasteiger partial charge < -0.3 is 4.74 Å². The maximum Gasteiger partial charge on any atom is 0.260 e. The summed E-state index contributed by atoms with van der Waals surface area (Å²) in [4.78, 5) is 8.42. The summed E-state index contributed by atoms with van der Waals surface area (Å²) in [5, 5.41) is 4.44. The largest absolute Gasteiger partial charge is 0.475 e. The van der Waals surface area contributed by atoms with E-state index in [4.69, 9.17) is 4.74 Å². The van der Waals surface area contributed by atoms with Crippen molar-refractivity contribution in [2.24, 2.45) is 0 Å². The van der Waals surface area contributed by atoms with Crippen LogP contribution in [0.1, 0.15) is 6.92 Å². The van der Waals surface area contributed by atoms with E-state index >= 15 is 0 Å². The molecular weight excluding hydrogens is 228 g/mol. The molecule has 0 fully saturated rings. The van der Waals surface area contributed by atoms with Gasteiger partial charge in [0.05, 0.1) is 24.0 Å². The maximum atomic E-state index is 5.51. The number of fused-ring (bicyclic) bond motifs is 1. The first-order valence-electron chi connectivity index (χ1n) is 5.77. The summed E-state index contributed by atoms with van der Waals surface area (Å²) < 4.78 is 7.30. The van der Waals surface area contributed by atoms with Gasteiger partial charge in [0.25, 0.3) is 5.88 Å². The van der Waals surface area contributed by atoms with E-state index < -0.39 is 0 Å². The Morgan fingerprint density at radius 1 is 1.22 bits per heavy atom. The topological polar surface area (TPSA) is 52.8 Å². The molecule has 0 spiro atoms. The van der Waals surface area contributed by atoms with Gasteiger partial charge in [0.15, 0.2) is 5.52 Å². The number of nitrogens with zero attached hydrogens (tertiary/aromatic N) is 4. The number of aromatic nitrogens is 4. The zero-order valence-corrected chi connectivity index (χ0v) is 9.95. The number of hydrogen-bond acceptors (Lipinski definition) is 4. The van der Waals surface area contributed by atoms with Gasteiger partial charge in [-0.3, -0.25) is 4.98 Å². The first-order valence-corrected chi connectivity index (χ1v) is 5.77. The number of ether oxygens (including phenoxy) is 1. The van der Waals surface area contributed by atoms with Crippen LogP contribution >= 0.6 is 0 Å². The molecule has 0 radical (unpaired) electrons. The van der Waals surface area contributed by atoms with Crippen molar-refractivity contribution in [1.82, 2.24) is 19.7 Å². The van der Waals surface area contributed by atoms with Crippen molar-refractivity contribution in [2.45, 2.75) is 6.92 Å². The highest BCUT2D eigenvalue weighted by Crippen LogP contribution is 2.24. The van der Waals surface area contributed by atoms with Gasteiger partial charge in [-0.05, 0) is 31.2 Å². The predicted molar refractivity (Wildman–Crippen MR) is 67.8 cm³/mol. The minimum Gasteiger partial charge on any atom is -0.475 e. The van der Waals surface area contributed by atoms with Crippen molar-refractivity contribution < 1.29 is 4.74 Å². The molecule has 0 saturated heterocycles. The van der Waals surface area contributed by atoms with E-state index in [0.29, 0.717) is 12.5 Å². The number of hydrogen-bond donors (Lipinski definition) is 0. The molecule has 18 heavy (non-hydrogen) atoms. The van der Waals surface area contributed by atoms with Gasteiger partial charge in [0.1, 0.15) is 0 Å². The fourth-order valence-corrected chi connectivity index (χ4v) is 1.83. The van der Waals surface area contributed by atoms with E-state index in [1.165, 1.54) is 0 Å². The van der Waals surface area contributed by atoms with Crippen LogP contribution < -0.4 is 4.74 Å². The van der Waals surface area contributed by atoms with Gasteiger partial charge in [-0.25, -0.2) is 9.67 Å². The lowest BCUT2D eigenvalue weighted by Gasteiger charge is -2.00. The third kappa shape index (κ3) is 1.69. The molecule has 3 heterocycles. The van der Waals surface area contributed by atoms with Crippen LogP contribution in [-0.2, 0) is 0 Å².